The quantitative estimate of drug-likeness (QED) is 0.572. The van der Waals surface area contributed by atoms with Crippen molar-refractivity contribution >= 4 is 0 Å². The van der Waals surface area contributed by atoms with Gasteiger partial charge in [-0.1, -0.05) is 13.8 Å². The Morgan fingerprint density at radius 3 is 2.08 bits per heavy atom. The lowest BCUT2D eigenvalue weighted by molar-refractivity contribution is -0.0326. The summed E-state index contributed by atoms with van der Waals surface area (Å²) in [5.74, 6) is 0. The monoisotopic (exact) mass is 176 g/mol. The molecule has 0 spiro atoms. The molecule has 0 aromatic rings. The van der Waals surface area contributed by atoms with Crippen LogP contribution >= 0.6 is 0 Å². The predicted molar refractivity (Wildman–Crippen MR) is 47.8 cm³/mol. The Morgan fingerprint density at radius 1 is 1.33 bits per heavy atom. The van der Waals surface area contributed by atoms with E-state index in [2.05, 4.69) is 0 Å². The summed E-state index contributed by atoms with van der Waals surface area (Å²) in [6.45, 7) is 5.27. The first-order valence-electron chi connectivity index (χ1n) is 4.43. The van der Waals surface area contributed by atoms with Crippen molar-refractivity contribution in [3.63, 3.8) is 0 Å². The van der Waals surface area contributed by atoms with Gasteiger partial charge in [0.05, 0.1) is 18.8 Å². The molecule has 74 valence electrons. The number of aliphatic hydroxyl groups is 3. The van der Waals surface area contributed by atoms with Crippen LogP contribution in [0, 0.1) is 5.41 Å². The molecule has 0 bridgehead atoms. The Balaban J connectivity index is 4.22. The summed E-state index contributed by atoms with van der Waals surface area (Å²) in [5, 5.41) is 27.4. The molecular formula is C9H20O3. The van der Waals surface area contributed by atoms with Crippen LogP contribution in [0.1, 0.15) is 33.6 Å². The molecule has 0 amide bonds. The van der Waals surface area contributed by atoms with E-state index in [1.165, 1.54) is 0 Å². The third kappa shape index (κ3) is 3.09. The zero-order chi connectivity index (χ0) is 9.78. The fourth-order valence-corrected chi connectivity index (χ4v) is 1.41. The maximum Gasteiger partial charge on any atom is 0.0825 e. The third-order valence-corrected chi connectivity index (χ3v) is 2.55. The number of hydrogen-bond acceptors (Lipinski definition) is 3. The van der Waals surface area contributed by atoms with Crippen LogP contribution in [-0.2, 0) is 0 Å². The van der Waals surface area contributed by atoms with E-state index < -0.39 is 12.2 Å². The van der Waals surface area contributed by atoms with Crippen LogP contribution in [0.4, 0.5) is 0 Å². The molecule has 3 atom stereocenters. The van der Waals surface area contributed by atoms with Crippen molar-refractivity contribution in [3.05, 3.63) is 0 Å². The maximum absolute atomic E-state index is 9.46. The normalized spacial score (nSPS) is 21.5. The second-order valence-corrected chi connectivity index (χ2v) is 3.76. The molecule has 0 aromatic heterocycles. The third-order valence-electron chi connectivity index (χ3n) is 2.55. The summed E-state index contributed by atoms with van der Waals surface area (Å²) in [6, 6.07) is 0. The Labute approximate surface area is 74.0 Å². The Kier molecular flexibility index (Phi) is 4.75. The van der Waals surface area contributed by atoms with E-state index in [9.17, 15) is 10.2 Å². The Hall–Kier alpha value is -0.120. The highest BCUT2D eigenvalue weighted by molar-refractivity contribution is 4.82. The van der Waals surface area contributed by atoms with Gasteiger partial charge in [0.15, 0.2) is 0 Å². The van der Waals surface area contributed by atoms with Gasteiger partial charge < -0.3 is 15.3 Å². The first-order valence-corrected chi connectivity index (χ1v) is 4.43. The fourth-order valence-electron chi connectivity index (χ4n) is 1.41. The highest BCUT2D eigenvalue weighted by Crippen LogP contribution is 2.31. The van der Waals surface area contributed by atoms with Crippen molar-refractivity contribution in [3.8, 4) is 0 Å². The predicted octanol–water partition coefficient (Wildman–Crippen LogP) is 0.527. The number of rotatable bonds is 5. The summed E-state index contributed by atoms with van der Waals surface area (Å²) >= 11 is 0. The van der Waals surface area contributed by atoms with Crippen LogP contribution in [0.5, 0.6) is 0 Å². The SMILES string of the molecule is CC[C@](C)(C[C@@H](C)O)[C@@H](O)CO. The van der Waals surface area contributed by atoms with Gasteiger partial charge in [-0.15, -0.1) is 0 Å². The van der Waals surface area contributed by atoms with Gasteiger partial charge in [-0.3, -0.25) is 0 Å². The van der Waals surface area contributed by atoms with E-state index >= 15 is 0 Å². The lowest BCUT2D eigenvalue weighted by Crippen LogP contribution is -2.37. The summed E-state index contributed by atoms with van der Waals surface area (Å²) in [6.07, 6.45) is 0.0958. The standard InChI is InChI=1S/C9H20O3/c1-4-9(3,5-7(2)11)8(12)6-10/h7-8,10-12H,4-6H2,1-3H3/t7-,8+,9-/m1/s1. The molecule has 3 heteroatoms. The molecule has 3 nitrogen and oxygen atoms in total. The molecule has 0 fully saturated rings. The van der Waals surface area contributed by atoms with Crippen molar-refractivity contribution in [2.24, 2.45) is 5.41 Å². The molecule has 0 saturated carbocycles. The van der Waals surface area contributed by atoms with Gasteiger partial charge in [0.25, 0.3) is 0 Å². The number of aliphatic hydroxyl groups excluding tert-OH is 3. The van der Waals surface area contributed by atoms with Crippen LogP contribution in [0.25, 0.3) is 0 Å². The van der Waals surface area contributed by atoms with Crippen LogP contribution < -0.4 is 0 Å². The van der Waals surface area contributed by atoms with E-state index in [1.807, 2.05) is 13.8 Å². The maximum atomic E-state index is 9.46. The zero-order valence-electron chi connectivity index (χ0n) is 8.12. The Morgan fingerprint density at radius 2 is 1.83 bits per heavy atom. The smallest absolute Gasteiger partial charge is 0.0825 e. The summed E-state index contributed by atoms with van der Waals surface area (Å²) in [4.78, 5) is 0. The molecule has 0 rings (SSSR count). The van der Waals surface area contributed by atoms with Crippen molar-refractivity contribution < 1.29 is 15.3 Å². The summed E-state index contributed by atoms with van der Waals surface area (Å²) in [5.41, 5.74) is -0.372. The summed E-state index contributed by atoms with van der Waals surface area (Å²) < 4.78 is 0. The average Bonchev–Trinajstić information content (AvgIpc) is 2.01. The van der Waals surface area contributed by atoms with Crippen LogP contribution in [0.15, 0.2) is 0 Å². The Bertz CT molecular complexity index is 125. The van der Waals surface area contributed by atoms with Gasteiger partial charge in [-0.25, -0.2) is 0 Å². The summed E-state index contributed by atoms with van der Waals surface area (Å²) in [7, 11) is 0. The molecule has 0 heterocycles. The molecular weight excluding hydrogens is 156 g/mol. The van der Waals surface area contributed by atoms with Gasteiger partial charge in [-0.2, -0.15) is 0 Å². The minimum absolute atomic E-state index is 0.239. The van der Waals surface area contributed by atoms with Crippen molar-refractivity contribution in [2.75, 3.05) is 6.61 Å². The topological polar surface area (TPSA) is 60.7 Å². The molecule has 0 unspecified atom stereocenters. The lowest BCUT2D eigenvalue weighted by atomic mass is 9.77. The van der Waals surface area contributed by atoms with Crippen molar-refractivity contribution in [1.82, 2.24) is 0 Å². The molecule has 0 saturated heterocycles. The second-order valence-electron chi connectivity index (χ2n) is 3.76. The minimum Gasteiger partial charge on any atom is -0.394 e. The van der Waals surface area contributed by atoms with E-state index in [4.69, 9.17) is 5.11 Å². The molecule has 3 N–H and O–H groups in total. The van der Waals surface area contributed by atoms with Crippen LogP contribution in [0.3, 0.4) is 0 Å². The van der Waals surface area contributed by atoms with Crippen molar-refractivity contribution in [2.45, 2.75) is 45.8 Å². The molecule has 0 aliphatic heterocycles. The molecule has 0 radical (unpaired) electrons. The minimum atomic E-state index is -0.739. The van der Waals surface area contributed by atoms with E-state index in [0.29, 0.717) is 6.42 Å². The highest BCUT2D eigenvalue weighted by Gasteiger charge is 2.31. The molecule has 0 aliphatic rings. The first kappa shape index (κ1) is 11.9. The van der Waals surface area contributed by atoms with E-state index in [0.717, 1.165) is 6.42 Å². The first-order chi connectivity index (χ1) is 5.46. The van der Waals surface area contributed by atoms with Gasteiger partial charge >= 0.3 is 0 Å². The lowest BCUT2D eigenvalue weighted by Gasteiger charge is -2.33. The molecule has 12 heavy (non-hydrogen) atoms. The second kappa shape index (κ2) is 4.80. The van der Waals surface area contributed by atoms with E-state index in [-0.39, 0.29) is 12.0 Å². The van der Waals surface area contributed by atoms with Gasteiger partial charge in [0, 0.05) is 0 Å². The number of hydrogen-bond donors (Lipinski definition) is 3. The van der Waals surface area contributed by atoms with Crippen molar-refractivity contribution in [1.29, 1.82) is 0 Å². The molecule has 0 aliphatic carbocycles. The fraction of sp³-hybridized carbons (Fsp3) is 1.00. The van der Waals surface area contributed by atoms with Gasteiger partial charge in [0.2, 0.25) is 0 Å². The van der Waals surface area contributed by atoms with E-state index in [1.54, 1.807) is 6.92 Å². The van der Waals surface area contributed by atoms with Crippen LogP contribution in [-0.4, -0.2) is 34.1 Å². The highest BCUT2D eigenvalue weighted by atomic mass is 16.3. The van der Waals surface area contributed by atoms with Crippen LogP contribution in [0.2, 0.25) is 0 Å². The zero-order valence-corrected chi connectivity index (χ0v) is 8.12. The molecule has 0 aromatic carbocycles. The average molecular weight is 176 g/mol. The van der Waals surface area contributed by atoms with Gasteiger partial charge in [0.1, 0.15) is 0 Å². The largest absolute Gasteiger partial charge is 0.394 e. The van der Waals surface area contributed by atoms with Gasteiger partial charge in [-0.05, 0) is 25.2 Å².